The van der Waals surface area contributed by atoms with Gasteiger partial charge in [-0.05, 0) is 31.6 Å². The highest BCUT2D eigenvalue weighted by Gasteiger charge is 2.24. The Morgan fingerprint density at radius 2 is 2.00 bits per heavy atom. The van der Waals surface area contributed by atoms with Crippen molar-refractivity contribution in [2.75, 3.05) is 6.61 Å². The van der Waals surface area contributed by atoms with Crippen molar-refractivity contribution >= 4 is 0 Å². The van der Waals surface area contributed by atoms with Gasteiger partial charge in [-0.15, -0.1) is 0 Å². The summed E-state index contributed by atoms with van der Waals surface area (Å²) < 4.78 is 5.60. The topological polar surface area (TPSA) is 9.23 Å². The average molecular weight is 126 g/mol. The summed E-state index contributed by atoms with van der Waals surface area (Å²) in [7, 11) is 0. The largest absolute Gasteiger partial charge is 0.378 e. The zero-order valence-electron chi connectivity index (χ0n) is 5.81. The Morgan fingerprint density at radius 1 is 1.00 bits per heavy atom. The Morgan fingerprint density at radius 3 is 2.78 bits per heavy atom. The second-order valence-electron chi connectivity index (χ2n) is 3.33. The van der Waals surface area contributed by atoms with Crippen molar-refractivity contribution in [2.45, 2.75) is 38.2 Å². The molecule has 2 saturated heterocycles. The molecule has 1 saturated carbocycles. The van der Waals surface area contributed by atoms with E-state index < -0.39 is 0 Å². The van der Waals surface area contributed by atoms with Crippen molar-refractivity contribution in [1.82, 2.24) is 0 Å². The third kappa shape index (κ3) is 1.11. The second kappa shape index (κ2) is 2.30. The summed E-state index contributed by atoms with van der Waals surface area (Å²) in [6.45, 7) is 1.06. The maximum Gasteiger partial charge on any atom is 0.0575 e. The molecular formula is C8H14O. The number of fused-ring (bicyclic) bond motifs is 4. The lowest BCUT2D eigenvalue weighted by Crippen LogP contribution is -2.21. The molecule has 2 bridgehead atoms. The highest BCUT2D eigenvalue weighted by molar-refractivity contribution is 4.75. The van der Waals surface area contributed by atoms with Gasteiger partial charge in [-0.2, -0.15) is 0 Å². The smallest absolute Gasteiger partial charge is 0.0575 e. The van der Waals surface area contributed by atoms with Crippen LogP contribution in [0.3, 0.4) is 0 Å². The standard InChI is InChI=1S/C8H14O/c1-2-7-4-5-8(3-1)9-6-7/h7-8H,1-6H2. The van der Waals surface area contributed by atoms with E-state index in [4.69, 9.17) is 4.74 Å². The summed E-state index contributed by atoms with van der Waals surface area (Å²) >= 11 is 0. The summed E-state index contributed by atoms with van der Waals surface area (Å²) in [6, 6.07) is 0. The van der Waals surface area contributed by atoms with Gasteiger partial charge in [0, 0.05) is 6.61 Å². The van der Waals surface area contributed by atoms with Crippen molar-refractivity contribution < 1.29 is 4.74 Å². The maximum atomic E-state index is 5.60. The maximum absolute atomic E-state index is 5.60. The van der Waals surface area contributed by atoms with Crippen LogP contribution >= 0.6 is 0 Å². The minimum absolute atomic E-state index is 0.642. The Balaban J connectivity index is 2.03. The van der Waals surface area contributed by atoms with Gasteiger partial charge in [0.05, 0.1) is 6.10 Å². The molecule has 0 N–H and O–H groups in total. The number of hydrogen-bond acceptors (Lipinski definition) is 1. The van der Waals surface area contributed by atoms with Gasteiger partial charge in [-0.3, -0.25) is 0 Å². The summed E-state index contributed by atoms with van der Waals surface area (Å²) in [5.41, 5.74) is 0. The van der Waals surface area contributed by atoms with Gasteiger partial charge in [-0.1, -0.05) is 6.42 Å². The molecular weight excluding hydrogens is 112 g/mol. The van der Waals surface area contributed by atoms with E-state index in [9.17, 15) is 0 Å². The van der Waals surface area contributed by atoms with Crippen molar-refractivity contribution in [1.29, 1.82) is 0 Å². The van der Waals surface area contributed by atoms with Crippen LogP contribution < -0.4 is 0 Å². The van der Waals surface area contributed by atoms with E-state index in [0.717, 1.165) is 12.5 Å². The molecule has 1 heteroatoms. The molecule has 2 aliphatic heterocycles. The van der Waals surface area contributed by atoms with Gasteiger partial charge in [0.15, 0.2) is 0 Å². The highest BCUT2D eigenvalue weighted by Crippen LogP contribution is 2.30. The van der Waals surface area contributed by atoms with E-state index in [1.54, 1.807) is 0 Å². The third-order valence-electron chi connectivity index (χ3n) is 2.60. The molecule has 0 amide bonds. The van der Waals surface area contributed by atoms with Crippen LogP contribution in [0.15, 0.2) is 0 Å². The molecule has 3 fully saturated rings. The Hall–Kier alpha value is -0.0400. The predicted molar refractivity (Wildman–Crippen MR) is 36.3 cm³/mol. The van der Waals surface area contributed by atoms with E-state index in [0.29, 0.717) is 6.10 Å². The van der Waals surface area contributed by atoms with Crippen LogP contribution in [0.5, 0.6) is 0 Å². The molecule has 9 heavy (non-hydrogen) atoms. The zero-order valence-corrected chi connectivity index (χ0v) is 5.81. The lowest BCUT2D eigenvalue weighted by Gasteiger charge is -2.23. The van der Waals surface area contributed by atoms with Crippen LogP contribution in [0.1, 0.15) is 32.1 Å². The van der Waals surface area contributed by atoms with E-state index in [2.05, 4.69) is 0 Å². The molecule has 1 aliphatic carbocycles. The minimum Gasteiger partial charge on any atom is -0.378 e. The molecule has 3 aliphatic rings. The predicted octanol–water partition coefficient (Wildman–Crippen LogP) is 1.97. The van der Waals surface area contributed by atoms with Crippen LogP contribution in [-0.2, 0) is 4.74 Å². The third-order valence-corrected chi connectivity index (χ3v) is 2.60. The van der Waals surface area contributed by atoms with E-state index in [-0.39, 0.29) is 0 Å². The SMILES string of the molecule is C1CC2CCC(C1)OC2. The molecule has 1 nitrogen and oxygen atoms in total. The van der Waals surface area contributed by atoms with Crippen molar-refractivity contribution in [3.63, 3.8) is 0 Å². The lowest BCUT2D eigenvalue weighted by molar-refractivity contribution is -0.00148. The minimum atomic E-state index is 0.642. The molecule has 52 valence electrons. The summed E-state index contributed by atoms with van der Waals surface area (Å²) in [5, 5.41) is 0. The quantitative estimate of drug-likeness (QED) is 0.482. The first-order chi connectivity index (χ1) is 4.45. The monoisotopic (exact) mass is 126 g/mol. The molecule has 3 rings (SSSR count). The Labute approximate surface area is 56.4 Å². The molecule has 0 radical (unpaired) electrons. The molecule has 0 aromatic carbocycles. The van der Waals surface area contributed by atoms with E-state index >= 15 is 0 Å². The normalized spacial score (nSPS) is 42.7. The summed E-state index contributed by atoms with van der Waals surface area (Å²) in [5.74, 6) is 0.920. The van der Waals surface area contributed by atoms with Crippen molar-refractivity contribution in [2.24, 2.45) is 5.92 Å². The molecule has 2 heterocycles. The van der Waals surface area contributed by atoms with E-state index in [1.165, 1.54) is 32.1 Å². The zero-order chi connectivity index (χ0) is 6.10. The van der Waals surface area contributed by atoms with Crippen molar-refractivity contribution in [3.8, 4) is 0 Å². The summed E-state index contributed by atoms with van der Waals surface area (Å²) in [4.78, 5) is 0. The molecule has 2 unspecified atom stereocenters. The molecule has 2 atom stereocenters. The van der Waals surface area contributed by atoms with Crippen LogP contribution in [0.2, 0.25) is 0 Å². The van der Waals surface area contributed by atoms with Gasteiger partial charge in [-0.25, -0.2) is 0 Å². The molecule has 0 aromatic heterocycles. The van der Waals surface area contributed by atoms with Gasteiger partial charge >= 0.3 is 0 Å². The van der Waals surface area contributed by atoms with Gasteiger partial charge in [0.1, 0.15) is 0 Å². The first kappa shape index (κ1) is 5.72. The fraction of sp³-hybridized carbons (Fsp3) is 1.00. The Bertz CT molecular complexity index is 75.2. The van der Waals surface area contributed by atoms with Crippen molar-refractivity contribution in [3.05, 3.63) is 0 Å². The molecule has 0 aromatic rings. The number of ether oxygens (including phenoxy) is 1. The van der Waals surface area contributed by atoms with Crippen LogP contribution in [-0.4, -0.2) is 12.7 Å². The summed E-state index contributed by atoms with van der Waals surface area (Å²) in [6.07, 6.45) is 7.58. The van der Waals surface area contributed by atoms with Gasteiger partial charge in [0.2, 0.25) is 0 Å². The first-order valence-electron chi connectivity index (χ1n) is 4.07. The van der Waals surface area contributed by atoms with Crippen LogP contribution in [0.25, 0.3) is 0 Å². The highest BCUT2D eigenvalue weighted by atomic mass is 16.5. The van der Waals surface area contributed by atoms with Gasteiger partial charge < -0.3 is 4.74 Å². The first-order valence-corrected chi connectivity index (χ1v) is 4.07. The Kier molecular flexibility index (Phi) is 1.46. The van der Waals surface area contributed by atoms with Crippen LogP contribution in [0.4, 0.5) is 0 Å². The second-order valence-corrected chi connectivity index (χ2v) is 3.33. The average Bonchev–Trinajstić information content (AvgIpc) is 2.21. The molecule has 0 spiro atoms. The van der Waals surface area contributed by atoms with Gasteiger partial charge in [0.25, 0.3) is 0 Å². The number of rotatable bonds is 0. The van der Waals surface area contributed by atoms with Crippen LogP contribution in [0, 0.1) is 5.92 Å². The van der Waals surface area contributed by atoms with E-state index in [1.807, 2.05) is 0 Å². The fourth-order valence-corrected chi connectivity index (χ4v) is 1.95. The fourth-order valence-electron chi connectivity index (χ4n) is 1.95. The number of hydrogen-bond donors (Lipinski definition) is 0. The lowest BCUT2D eigenvalue weighted by atomic mass is 10.00.